The van der Waals surface area contributed by atoms with Crippen LogP contribution in [0.25, 0.3) is 12.2 Å². The van der Waals surface area contributed by atoms with Crippen LogP contribution in [0.4, 0.5) is 0 Å². The van der Waals surface area contributed by atoms with Gasteiger partial charge in [0.05, 0.1) is 10.8 Å². The molecule has 12 nitrogen and oxygen atoms in total. The first-order valence-corrected chi connectivity index (χ1v) is 20.5. The molecule has 13 heteroatoms. The number of carboxylic acid groups (broad SMARTS) is 1. The molecule has 0 heterocycles. The van der Waals surface area contributed by atoms with Crippen molar-refractivity contribution in [1.29, 1.82) is 0 Å². The molecule has 0 aliphatic carbocycles. The smallest absolute Gasteiger partial charge is 0.344 e. The zero-order valence-corrected chi connectivity index (χ0v) is 37.9. The van der Waals surface area contributed by atoms with Crippen LogP contribution in [-0.4, -0.2) is 59.2 Å². The van der Waals surface area contributed by atoms with Gasteiger partial charge < -0.3 is 41.4 Å². The van der Waals surface area contributed by atoms with Crippen molar-refractivity contribution in [1.82, 2.24) is 16.0 Å². The van der Waals surface area contributed by atoms with Gasteiger partial charge in [-0.15, -0.1) is 0 Å². The molecule has 2 aromatic carbocycles. The topological polar surface area (TPSA) is 189 Å². The minimum absolute atomic E-state index is 0.0370. The van der Waals surface area contributed by atoms with E-state index in [0.717, 1.165) is 24.9 Å². The Morgan fingerprint density at radius 2 is 1.57 bits per heavy atom. The molecule has 0 aromatic heterocycles. The number of phenols is 1. The van der Waals surface area contributed by atoms with Crippen LogP contribution in [0, 0.1) is 17.3 Å². The van der Waals surface area contributed by atoms with Gasteiger partial charge in [0.2, 0.25) is 12.3 Å². The number of carbonyl (C=O) groups is 4. The lowest BCUT2D eigenvalue weighted by Crippen LogP contribution is -2.40. The fourth-order valence-electron chi connectivity index (χ4n) is 5.03. The second-order valence-electron chi connectivity index (χ2n) is 15.8. The molecule has 332 valence electrons. The fourth-order valence-corrected chi connectivity index (χ4v) is 5.22. The standard InChI is InChI=1S/C44H60ClN3O7.C2H6.CH3NO/c1-29(2)25-39(42(52)53)54-31(4)44(9,10)28-47-41(51)37(27-35-21-22-38(49)36(45)26-35)48-40(50)14-12-11-13-30(3)15-16-33-17-19-34(20-18-33)23-24-46-32(5)55-43(6,7)8;1-2;2-1-3/h12,14-22,26-27,29-30,39,46,49H,4-5,11,13,23-25,28H2,1-3,6-10H3,(H,47,51)(H,48,50)(H,52,53);1-2H3;1H,(H2,2,3)/b14-12+,16-15+,37-27+;;. The maximum absolute atomic E-state index is 13.4. The Labute approximate surface area is 363 Å². The maximum Gasteiger partial charge on any atom is 0.344 e. The van der Waals surface area contributed by atoms with Crippen LogP contribution >= 0.6 is 11.6 Å². The first kappa shape index (κ1) is 54.5. The fraction of sp³-hybridized carbons (Fsp3) is 0.447. The Morgan fingerprint density at radius 3 is 2.12 bits per heavy atom. The van der Waals surface area contributed by atoms with E-state index in [-0.39, 0.29) is 52.6 Å². The minimum Gasteiger partial charge on any atom is -0.506 e. The molecule has 0 saturated heterocycles. The number of amides is 3. The number of phenolic OH excluding ortho intramolecular Hbond substituents is 1. The highest BCUT2D eigenvalue weighted by molar-refractivity contribution is 6.32. The Balaban J connectivity index is 0.00000664. The molecule has 60 heavy (non-hydrogen) atoms. The van der Waals surface area contributed by atoms with Crippen molar-refractivity contribution in [2.75, 3.05) is 13.1 Å². The summed E-state index contributed by atoms with van der Waals surface area (Å²) >= 11 is 6.09. The molecular weight excluding hydrogens is 784 g/mol. The van der Waals surface area contributed by atoms with Crippen LogP contribution in [0.5, 0.6) is 5.75 Å². The zero-order valence-electron chi connectivity index (χ0n) is 37.2. The monoisotopic (exact) mass is 852 g/mol. The number of aliphatic carboxylic acids is 1. The summed E-state index contributed by atoms with van der Waals surface area (Å²) in [6.45, 7) is 28.0. The largest absolute Gasteiger partial charge is 0.506 e. The van der Waals surface area contributed by atoms with Crippen molar-refractivity contribution in [2.24, 2.45) is 23.0 Å². The number of carbonyl (C=O) groups excluding carboxylic acids is 3. The van der Waals surface area contributed by atoms with Gasteiger partial charge in [0, 0.05) is 18.5 Å². The molecule has 0 bridgehead atoms. The van der Waals surface area contributed by atoms with Gasteiger partial charge in [0.25, 0.3) is 5.91 Å². The normalized spacial score (nSPS) is 12.6. The summed E-state index contributed by atoms with van der Waals surface area (Å²) in [5, 5.41) is 28.2. The molecular formula is C47H69ClN4O8. The van der Waals surface area contributed by atoms with Crippen molar-refractivity contribution < 1.29 is 38.9 Å². The van der Waals surface area contributed by atoms with Crippen LogP contribution in [0.15, 0.2) is 91.2 Å². The molecule has 2 atom stereocenters. The molecule has 0 spiro atoms. The van der Waals surface area contributed by atoms with E-state index in [1.807, 2.05) is 48.5 Å². The van der Waals surface area contributed by atoms with E-state index in [1.54, 1.807) is 26.0 Å². The molecule has 0 aliphatic rings. The average molecular weight is 854 g/mol. The van der Waals surface area contributed by atoms with Crippen molar-refractivity contribution in [2.45, 2.75) is 107 Å². The summed E-state index contributed by atoms with van der Waals surface area (Å²) in [5.74, 6) is -1.19. The number of benzene rings is 2. The van der Waals surface area contributed by atoms with E-state index in [4.69, 9.17) is 25.9 Å². The summed E-state index contributed by atoms with van der Waals surface area (Å²) in [6, 6.07) is 12.8. The number of aromatic hydroxyl groups is 1. The third-order valence-electron chi connectivity index (χ3n) is 8.30. The molecule has 0 fully saturated rings. The summed E-state index contributed by atoms with van der Waals surface area (Å²) in [4.78, 5) is 46.7. The first-order chi connectivity index (χ1) is 28.1. The summed E-state index contributed by atoms with van der Waals surface area (Å²) in [7, 11) is 0. The van der Waals surface area contributed by atoms with Gasteiger partial charge in [0.1, 0.15) is 17.0 Å². The second-order valence-corrected chi connectivity index (χ2v) is 16.2. The van der Waals surface area contributed by atoms with Crippen molar-refractivity contribution in [3.63, 3.8) is 0 Å². The summed E-state index contributed by atoms with van der Waals surface area (Å²) in [6.07, 6.45) is 10.6. The Hall–Kier alpha value is -5.49. The molecule has 7 N–H and O–H groups in total. The van der Waals surface area contributed by atoms with E-state index < -0.39 is 29.3 Å². The molecule has 0 saturated carbocycles. The predicted molar refractivity (Wildman–Crippen MR) is 243 cm³/mol. The van der Waals surface area contributed by atoms with E-state index in [1.165, 1.54) is 29.8 Å². The lowest BCUT2D eigenvalue weighted by molar-refractivity contribution is -0.149. The highest BCUT2D eigenvalue weighted by Gasteiger charge is 2.30. The highest BCUT2D eigenvalue weighted by atomic mass is 35.5. The second kappa shape index (κ2) is 28.1. The number of hydrogen-bond donors (Lipinski definition) is 6. The Bertz CT molecular complexity index is 1780. The number of nitrogens with one attached hydrogen (secondary N) is 3. The van der Waals surface area contributed by atoms with E-state index in [2.05, 4.69) is 78.2 Å². The molecule has 2 rings (SSSR count). The van der Waals surface area contributed by atoms with Gasteiger partial charge >= 0.3 is 5.97 Å². The number of primary amides is 1. The lowest BCUT2D eigenvalue weighted by atomic mass is 9.91. The molecule has 2 aromatic rings. The number of nitrogens with two attached hydrogens (primary N) is 1. The third-order valence-corrected chi connectivity index (χ3v) is 8.60. The van der Waals surface area contributed by atoms with Gasteiger partial charge in [-0.1, -0.05) is 115 Å². The van der Waals surface area contributed by atoms with Crippen LogP contribution in [0.1, 0.15) is 105 Å². The number of ether oxygens (including phenoxy) is 2. The van der Waals surface area contributed by atoms with Crippen molar-refractivity contribution >= 4 is 47.9 Å². The van der Waals surface area contributed by atoms with Gasteiger partial charge in [-0.05, 0) is 106 Å². The average Bonchev–Trinajstić information content (AvgIpc) is 3.16. The summed E-state index contributed by atoms with van der Waals surface area (Å²) < 4.78 is 11.4. The molecule has 0 aliphatic heterocycles. The zero-order chi connectivity index (χ0) is 46.1. The minimum atomic E-state index is -1.09. The highest BCUT2D eigenvalue weighted by Crippen LogP contribution is 2.28. The number of halogens is 1. The number of allylic oxidation sites excluding steroid dienone is 2. The quantitative estimate of drug-likeness (QED) is 0.0382. The van der Waals surface area contributed by atoms with Gasteiger partial charge in [-0.3, -0.25) is 14.4 Å². The molecule has 2 unspecified atom stereocenters. The van der Waals surface area contributed by atoms with E-state index in [9.17, 15) is 24.6 Å². The van der Waals surface area contributed by atoms with Crippen LogP contribution in [0.2, 0.25) is 5.02 Å². The van der Waals surface area contributed by atoms with Gasteiger partial charge in [-0.25, -0.2) is 4.79 Å². The number of rotatable bonds is 22. The van der Waals surface area contributed by atoms with Crippen LogP contribution in [0.3, 0.4) is 0 Å². The SMILES string of the molecule is C=C(NCCc1ccc(/C=C/C(C)CC/C=C/C(=O)N/C(=C/c2ccc(O)c(Cl)c2)C(=O)NCC(C)(C)C(=C)OC(CC(C)C)C(=O)O)cc1)OC(C)(C)C.CC.NC=O. The first-order valence-electron chi connectivity index (χ1n) is 20.2. The Morgan fingerprint density at radius 1 is 0.967 bits per heavy atom. The predicted octanol–water partition coefficient (Wildman–Crippen LogP) is 8.91. The summed E-state index contributed by atoms with van der Waals surface area (Å²) in [5.41, 5.74) is 5.76. The number of carboxylic acids is 1. The van der Waals surface area contributed by atoms with Crippen LogP contribution < -0.4 is 21.7 Å². The van der Waals surface area contributed by atoms with E-state index in [0.29, 0.717) is 24.3 Å². The third kappa shape index (κ3) is 23.8. The van der Waals surface area contributed by atoms with Gasteiger partial charge in [-0.2, -0.15) is 0 Å². The van der Waals surface area contributed by atoms with Crippen LogP contribution in [-0.2, 0) is 35.1 Å². The van der Waals surface area contributed by atoms with Crippen molar-refractivity contribution in [3.05, 3.63) is 113 Å². The molecule has 3 amide bonds. The Kier molecular flexibility index (Phi) is 25.5. The number of hydrogen-bond acceptors (Lipinski definition) is 8. The van der Waals surface area contributed by atoms with Gasteiger partial charge in [0.15, 0.2) is 12.0 Å². The maximum atomic E-state index is 13.4. The molecule has 0 radical (unpaired) electrons. The lowest BCUT2D eigenvalue weighted by Gasteiger charge is -2.30. The van der Waals surface area contributed by atoms with E-state index >= 15 is 0 Å². The van der Waals surface area contributed by atoms with Crippen molar-refractivity contribution in [3.8, 4) is 5.75 Å².